The Morgan fingerprint density at radius 3 is 2.62 bits per heavy atom. The predicted octanol–water partition coefficient (Wildman–Crippen LogP) is 2.81. The molecule has 0 heterocycles. The zero-order chi connectivity index (χ0) is 16.1. The van der Waals surface area contributed by atoms with Gasteiger partial charge in [0, 0.05) is 6.42 Å². The van der Waals surface area contributed by atoms with E-state index in [-0.39, 0.29) is 13.0 Å². The molecule has 0 aliphatic heterocycles. The zero-order valence-corrected chi connectivity index (χ0v) is 12.8. The molecule has 0 aromatic carbocycles. The standard InChI is InChI=1S/C14H24F3NO3/c1-4-8-18-13(12(19)20-5-2)7-6-11(9-13)21-10(3)14(15,16)17/h10-11,18H,4-9H2,1-3H3. The molecule has 1 N–H and O–H groups in total. The highest BCUT2D eigenvalue weighted by molar-refractivity contribution is 5.81. The fourth-order valence-corrected chi connectivity index (χ4v) is 2.53. The number of esters is 1. The molecule has 0 saturated heterocycles. The minimum absolute atomic E-state index is 0.215. The summed E-state index contributed by atoms with van der Waals surface area (Å²) in [6.07, 6.45) is -4.91. The van der Waals surface area contributed by atoms with Crippen molar-refractivity contribution in [1.82, 2.24) is 5.32 Å². The van der Waals surface area contributed by atoms with Crippen molar-refractivity contribution in [1.29, 1.82) is 0 Å². The van der Waals surface area contributed by atoms with Crippen molar-refractivity contribution >= 4 is 5.97 Å². The molecule has 3 unspecified atom stereocenters. The second kappa shape index (κ2) is 7.45. The van der Waals surface area contributed by atoms with Gasteiger partial charge in [0.25, 0.3) is 0 Å². The Labute approximate surface area is 123 Å². The van der Waals surface area contributed by atoms with E-state index in [0.29, 0.717) is 19.4 Å². The van der Waals surface area contributed by atoms with Crippen LogP contribution in [0.3, 0.4) is 0 Å². The lowest BCUT2D eigenvalue weighted by Crippen LogP contribution is -2.52. The number of ether oxygens (including phenoxy) is 2. The number of hydrogen-bond donors (Lipinski definition) is 1. The van der Waals surface area contributed by atoms with Gasteiger partial charge < -0.3 is 14.8 Å². The van der Waals surface area contributed by atoms with Gasteiger partial charge in [-0.15, -0.1) is 0 Å². The SMILES string of the molecule is CCCNC1(C(=O)OCC)CCC(OC(C)C(F)(F)F)C1. The van der Waals surface area contributed by atoms with E-state index in [0.717, 1.165) is 13.3 Å². The number of carbonyl (C=O) groups excluding carboxylic acids is 1. The molecule has 1 saturated carbocycles. The number of hydrogen-bond acceptors (Lipinski definition) is 4. The van der Waals surface area contributed by atoms with Gasteiger partial charge in [-0.1, -0.05) is 6.92 Å². The van der Waals surface area contributed by atoms with Gasteiger partial charge >= 0.3 is 12.1 Å². The summed E-state index contributed by atoms with van der Waals surface area (Å²) in [4.78, 5) is 12.1. The van der Waals surface area contributed by atoms with Gasteiger partial charge in [0.1, 0.15) is 5.54 Å². The number of alkyl halides is 3. The van der Waals surface area contributed by atoms with Crippen LogP contribution in [0.5, 0.6) is 0 Å². The molecule has 0 aromatic rings. The smallest absolute Gasteiger partial charge is 0.414 e. The quantitative estimate of drug-likeness (QED) is 0.735. The van der Waals surface area contributed by atoms with Crippen LogP contribution in [0.4, 0.5) is 13.2 Å². The fraction of sp³-hybridized carbons (Fsp3) is 0.929. The van der Waals surface area contributed by atoms with Gasteiger partial charge in [-0.3, -0.25) is 4.79 Å². The molecule has 1 fully saturated rings. The summed E-state index contributed by atoms with van der Waals surface area (Å²) in [6.45, 7) is 5.52. The Bertz CT molecular complexity index is 349. The Kier molecular flexibility index (Phi) is 6.46. The van der Waals surface area contributed by atoms with Crippen molar-refractivity contribution in [2.75, 3.05) is 13.2 Å². The van der Waals surface area contributed by atoms with E-state index in [9.17, 15) is 18.0 Å². The number of nitrogens with one attached hydrogen (secondary N) is 1. The highest BCUT2D eigenvalue weighted by Crippen LogP contribution is 2.35. The molecular formula is C14H24F3NO3. The molecule has 0 spiro atoms. The molecule has 0 radical (unpaired) electrons. The third-order valence-electron chi connectivity index (χ3n) is 3.71. The van der Waals surface area contributed by atoms with Crippen LogP contribution in [-0.4, -0.2) is 43.0 Å². The van der Waals surface area contributed by atoms with Gasteiger partial charge in [-0.2, -0.15) is 13.2 Å². The van der Waals surface area contributed by atoms with Crippen molar-refractivity contribution in [2.24, 2.45) is 0 Å². The van der Waals surface area contributed by atoms with Crippen LogP contribution in [0, 0.1) is 0 Å². The van der Waals surface area contributed by atoms with Crippen LogP contribution in [0.25, 0.3) is 0 Å². The second-order valence-corrected chi connectivity index (χ2v) is 5.41. The summed E-state index contributed by atoms with van der Waals surface area (Å²) in [5.41, 5.74) is -0.915. The van der Waals surface area contributed by atoms with Crippen LogP contribution in [0.15, 0.2) is 0 Å². The third kappa shape index (κ3) is 4.85. The Morgan fingerprint density at radius 2 is 2.10 bits per heavy atom. The van der Waals surface area contributed by atoms with Crippen LogP contribution < -0.4 is 5.32 Å². The molecule has 0 amide bonds. The largest absolute Gasteiger partial charge is 0.465 e. The molecule has 21 heavy (non-hydrogen) atoms. The van der Waals surface area contributed by atoms with Crippen LogP contribution in [0.1, 0.15) is 46.5 Å². The van der Waals surface area contributed by atoms with Crippen LogP contribution >= 0.6 is 0 Å². The molecule has 124 valence electrons. The maximum Gasteiger partial charge on any atom is 0.414 e. The van der Waals surface area contributed by atoms with Crippen LogP contribution in [0.2, 0.25) is 0 Å². The van der Waals surface area contributed by atoms with E-state index >= 15 is 0 Å². The molecule has 3 atom stereocenters. The average molecular weight is 311 g/mol. The van der Waals surface area contributed by atoms with Crippen molar-refractivity contribution in [3.05, 3.63) is 0 Å². The van der Waals surface area contributed by atoms with Gasteiger partial charge in [0.05, 0.1) is 12.7 Å². The van der Waals surface area contributed by atoms with Gasteiger partial charge in [-0.05, 0) is 39.7 Å². The molecule has 0 bridgehead atoms. The maximum atomic E-state index is 12.5. The second-order valence-electron chi connectivity index (χ2n) is 5.41. The lowest BCUT2D eigenvalue weighted by molar-refractivity contribution is -0.226. The van der Waals surface area contributed by atoms with Crippen molar-refractivity contribution in [2.45, 2.75) is 70.4 Å². The minimum atomic E-state index is -4.38. The van der Waals surface area contributed by atoms with E-state index < -0.39 is 29.9 Å². The number of carbonyl (C=O) groups is 1. The van der Waals surface area contributed by atoms with E-state index in [2.05, 4.69) is 5.32 Å². The summed E-state index contributed by atoms with van der Waals surface area (Å²) in [5, 5.41) is 3.14. The van der Waals surface area contributed by atoms with Crippen molar-refractivity contribution < 1.29 is 27.4 Å². The Balaban J connectivity index is 2.69. The summed E-state index contributed by atoms with van der Waals surface area (Å²) in [6, 6.07) is 0. The number of halogens is 3. The van der Waals surface area contributed by atoms with E-state index in [1.165, 1.54) is 0 Å². The third-order valence-corrected chi connectivity index (χ3v) is 3.71. The highest BCUT2D eigenvalue weighted by Gasteiger charge is 2.48. The fourth-order valence-electron chi connectivity index (χ4n) is 2.53. The Morgan fingerprint density at radius 1 is 1.43 bits per heavy atom. The molecule has 1 rings (SSSR count). The van der Waals surface area contributed by atoms with Crippen molar-refractivity contribution in [3.8, 4) is 0 Å². The first kappa shape index (κ1) is 18.2. The van der Waals surface area contributed by atoms with Gasteiger partial charge in [0.2, 0.25) is 0 Å². The number of rotatable bonds is 7. The van der Waals surface area contributed by atoms with Gasteiger partial charge in [0.15, 0.2) is 6.10 Å². The topological polar surface area (TPSA) is 47.6 Å². The maximum absolute atomic E-state index is 12.5. The highest BCUT2D eigenvalue weighted by atomic mass is 19.4. The van der Waals surface area contributed by atoms with E-state index in [1.54, 1.807) is 6.92 Å². The molecule has 4 nitrogen and oxygen atoms in total. The average Bonchev–Trinajstić information content (AvgIpc) is 2.80. The zero-order valence-electron chi connectivity index (χ0n) is 12.8. The first-order valence-electron chi connectivity index (χ1n) is 7.39. The van der Waals surface area contributed by atoms with Crippen molar-refractivity contribution in [3.63, 3.8) is 0 Å². The predicted molar refractivity (Wildman–Crippen MR) is 71.9 cm³/mol. The lowest BCUT2D eigenvalue weighted by Gasteiger charge is -2.29. The molecule has 1 aliphatic carbocycles. The summed E-state index contributed by atoms with van der Waals surface area (Å²) in [5.74, 6) is -0.399. The molecule has 1 aliphatic rings. The molecular weight excluding hydrogens is 287 g/mol. The van der Waals surface area contributed by atoms with Gasteiger partial charge in [-0.25, -0.2) is 0 Å². The molecule has 7 heteroatoms. The summed E-state index contributed by atoms with van der Waals surface area (Å²) in [7, 11) is 0. The van der Waals surface area contributed by atoms with Crippen LogP contribution in [-0.2, 0) is 14.3 Å². The monoisotopic (exact) mass is 311 g/mol. The lowest BCUT2D eigenvalue weighted by atomic mass is 9.97. The normalized spacial score (nSPS) is 27.6. The first-order valence-corrected chi connectivity index (χ1v) is 7.39. The van der Waals surface area contributed by atoms with E-state index in [4.69, 9.17) is 9.47 Å². The first-order chi connectivity index (χ1) is 9.75. The Hall–Kier alpha value is -0.820. The summed E-state index contributed by atoms with van der Waals surface area (Å²) >= 11 is 0. The van der Waals surface area contributed by atoms with E-state index in [1.807, 2.05) is 6.92 Å². The molecule has 0 aromatic heterocycles. The minimum Gasteiger partial charge on any atom is -0.465 e. The summed E-state index contributed by atoms with van der Waals surface area (Å²) < 4.78 is 47.8.